The van der Waals surface area contributed by atoms with Gasteiger partial charge in [-0.05, 0) is 13.0 Å². The molecule has 0 aliphatic heterocycles. The minimum absolute atomic E-state index is 0.417. The van der Waals surface area contributed by atoms with Crippen molar-refractivity contribution in [1.82, 2.24) is 4.98 Å². The fraction of sp³-hybridized carbons (Fsp3) is 0.286. The molecule has 0 spiro atoms. The van der Waals surface area contributed by atoms with Gasteiger partial charge in [0.15, 0.2) is 0 Å². The number of alkyl halides is 1. The molecule has 0 aliphatic carbocycles. The van der Waals surface area contributed by atoms with Crippen molar-refractivity contribution in [1.29, 1.82) is 0 Å². The van der Waals surface area contributed by atoms with Gasteiger partial charge in [-0.3, -0.25) is 4.98 Å². The van der Waals surface area contributed by atoms with Gasteiger partial charge in [-0.25, -0.2) is 4.39 Å². The van der Waals surface area contributed by atoms with E-state index in [-0.39, 0.29) is 0 Å². The smallest absolute Gasteiger partial charge is 0.116 e. The molecule has 0 atom stereocenters. The van der Waals surface area contributed by atoms with Crippen molar-refractivity contribution in [3.63, 3.8) is 0 Å². The van der Waals surface area contributed by atoms with Crippen LogP contribution in [0.25, 0.3) is 0 Å². The van der Waals surface area contributed by atoms with Gasteiger partial charge in [0.1, 0.15) is 6.67 Å². The molecule has 48 valence electrons. The third kappa shape index (κ3) is 1.25. The summed E-state index contributed by atoms with van der Waals surface area (Å²) in [7, 11) is 0. The van der Waals surface area contributed by atoms with Crippen LogP contribution in [0.3, 0.4) is 0 Å². The van der Waals surface area contributed by atoms with E-state index in [9.17, 15) is 4.39 Å². The van der Waals surface area contributed by atoms with Gasteiger partial charge in [0.2, 0.25) is 0 Å². The highest BCUT2D eigenvalue weighted by Gasteiger charge is 1.93. The molecule has 0 aromatic carbocycles. The fourth-order valence-electron chi connectivity index (χ4n) is 0.659. The lowest BCUT2D eigenvalue weighted by atomic mass is 10.2. The average molecular weight is 125 g/mol. The van der Waals surface area contributed by atoms with E-state index in [0.717, 1.165) is 5.69 Å². The van der Waals surface area contributed by atoms with Crippen LogP contribution in [0.15, 0.2) is 18.3 Å². The van der Waals surface area contributed by atoms with E-state index in [1.165, 1.54) is 0 Å². The van der Waals surface area contributed by atoms with Gasteiger partial charge in [0.25, 0.3) is 0 Å². The van der Waals surface area contributed by atoms with Crippen LogP contribution < -0.4 is 0 Å². The summed E-state index contributed by atoms with van der Waals surface area (Å²) in [5.41, 5.74) is 1.46. The zero-order chi connectivity index (χ0) is 6.69. The summed E-state index contributed by atoms with van der Waals surface area (Å²) in [5.74, 6) is 0. The molecule has 0 N–H and O–H groups in total. The van der Waals surface area contributed by atoms with Crippen LogP contribution in [-0.4, -0.2) is 4.98 Å². The molecule has 0 bridgehead atoms. The Bertz CT molecular complexity index is 198. The third-order valence-corrected chi connectivity index (χ3v) is 1.26. The molecule has 0 aliphatic rings. The third-order valence-electron chi connectivity index (χ3n) is 1.26. The van der Waals surface area contributed by atoms with E-state index in [4.69, 9.17) is 0 Å². The molecule has 1 aromatic rings. The largest absolute Gasteiger partial charge is 0.261 e. The molecule has 2 heteroatoms. The fourth-order valence-corrected chi connectivity index (χ4v) is 0.659. The lowest BCUT2D eigenvalue weighted by molar-refractivity contribution is 0.482. The highest BCUT2D eigenvalue weighted by atomic mass is 19.1. The van der Waals surface area contributed by atoms with Crippen LogP contribution in [0.1, 0.15) is 11.3 Å². The van der Waals surface area contributed by atoms with Crippen LogP contribution >= 0.6 is 0 Å². The van der Waals surface area contributed by atoms with Gasteiger partial charge in [0, 0.05) is 17.5 Å². The van der Waals surface area contributed by atoms with Crippen molar-refractivity contribution in [3.05, 3.63) is 29.6 Å². The van der Waals surface area contributed by atoms with E-state index < -0.39 is 6.67 Å². The molecule has 0 saturated heterocycles. The van der Waals surface area contributed by atoms with Crippen LogP contribution in [0, 0.1) is 6.92 Å². The Hall–Kier alpha value is -0.920. The van der Waals surface area contributed by atoms with Gasteiger partial charge in [0.05, 0.1) is 0 Å². The predicted molar refractivity (Wildman–Crippen MR) is 33.8 cm³/mol. The second-order valence-electron chi connectivity index (χ2n) is 1.88. The lowest BCUT2D eigenvalue weighted by Gasteiger charge is -1.95. The number of nitrogens with zero attached hydrogens (tertiary/aromatic N) is 1. The quantitative estimate of drug-likeness (QED) is 0.558. The lowest BCUT2D eigenvalue weighted by Crippen LogP contribution is -1.86. The van der Waals surface area contributed by atoms with Crippen molar-refractivity contribution in [2.24, 2.45) is 0 Å². The maximum atomic E-state index is 11.9. The summed E-state index contributed by atoms with van der Waals surface area (Å²) in [6.07, 6.45) is 1.66. The first-order valence-corrected chi connectivity index (χ1v) is 2.81. The Balaban J connectivity index is 3.01. The Morgan fingerprint density at radius 3 is 2.89 bits per heavy atom. The molecule has 1 rings (SSSR count). The van der Waals surface area contributed by atoms with E-state index in [2.05, 4.69) is 4.98 Å². The van der Waals surface area contributed by atoms with Gasteiger partial charge >= 0.3 is 0 Å². The summed E-state index contributed by atoms with van der Waals surface area (Å²) in [6, 6.07) is 3.48. The summed E-state index contributed by atoms with van der Waals surface area (Å²) in [5, 5.41) is 0. The highest BCUT2D eigenvalue weighted by molar-refractivity contribution is 5.16. The van der Waals surface area contributed by atoms with E-state index in [0.29, 0.717) is 5.56 Å². The first-order valence-electron chi connectivity index (χ1n) is 2.81. The highest BCUT2D eigenvalue weighted by Crippen LogP contribution is 2.03. The van der Waals surface area contributed by atoms with E-state index >= 15 is 0 Å². The standard InChI is InChI=1S/C7H8FN/c1-6-7(5-8)3-2-4-9-6/h2-4H,5H2,1H3. The van der Waals surface area contributed by atoms with Gasteiger partial charge in [-0.2, -0.15) is 0 Å². The number of halogens is 1. The van der Waals surface area contributed by atoms with Crippen molar-refractivity contribution >= 4 is 0 Å². The van der Waals surface area contributed by atoms with Crippen molar-refractivity contribution < 1.29 is 4.39 Å². The second kappa shape index (κ2) is 2.58. The van der Waals surface area contributed by atoms with Crippen molar-refractivity contribution in [3.8, 4) is 0 Å². The minimum atomic E-state index is -0.417. The molecular formula is C7H8FN. The number of pyridine rings is 1. The molecule has 1 aromatic heterocycles. The Morgan fingerprint density at radius 1 is 1.67 bits per heavy atom. The number of hydrogen-bond acceptors (Lipinski definition) is 1. The van der Waals surface area contributed by atoms with Crippen molar-refractivity contribution in [2.45, 2.75) is 13.6 Å². The predicted octanol–water partition coefficient (Wildman–Crippen LogP) is 1.86. The number of rotatable bonds is 1. The summed E-state index contributed by atoms with van der Waals surface area (Å²) >= 11 is 0. The second-order valence-corrected chi connectivity index (χ2v) is 1.88. The molecule has 0 unspecified atom stereocenters. The molecule has 0 fully saturated rings. The number of hydrogen-bond donors (Lipinski definition) is 0. The Kier molecular flexibility index (Phi) is 1.78. The minimum Gasteiger partial charge on any atom is -0.261 e. The molecule has 0 amide bonds. The van der Waals surface area contributed by atoms with Crippen LogP contribution in [0.4, 0.5) is 4.39 Å². The summed E-state index contributed by atoms with van der Waals surface area (Å²) in [6.45, 7) is 1.38. The van der Waals surface area contributed by atoms with Gasteiger partial charge < -0.3 is 0 Å². The zero-order valence-corrected chi connectivity index (χ0v) is 5.26. The SMILES string of the molecule is Cc1ncccc1CF. The zero-order valence-electron chi connectivity index (χ0n) is 5.26. The molecule has 9 heavy (non-hydrogen) atoms. The maximum absolute atomic E-state index is 11.9. The van der Waals surface area contributed by atoms with Gasteiger partial charge in [-0.1, -0.05) is 6.07 Å². The van der Waals surface area contributed by atoms with E-state index in [1.54, 1.807) is 25.3 Å². The maximum Gasteiger partial charge on any atom is 0.116 e. The Labute approximate surface area is 53.5 Å². The molecule has 0 saturated carbocycles. The van der Waals surface area contributed by atoms with Crippen LogP contribution in [0.2, 0.25) is 0 Å². The van der Waals surface area contributed by atoms with E-state index in [1.807, 2.05) is 0 Å². The first kappa shape index (κ1) is 6.20. The summed E-state index contributed by atoms with van der Waals surface area (Å²) < 4.78 is 11.9. The molecule has 0 radical (unpaired) electrons. The average Bonchev–Trinajstić information content (AvgIpc) is 1.89. The van der Waals surface area contributed by atoms with Crippen LogP contribution in [-0.2, 0) is 6.67 Å². The van der Waals surface area contributed by atoms with Crippen LogP contribution in [0.5, 0.6) is 0 Å². The topological polar surface area (TPSA) is 12.9 Å². The first-order chi connectivity index (χ1) is 4.34. The Morgan fingerprint density at radius 2 is 2.44 bits per heavy atom. The molecular weight excluding hydrogens is 117 g/mol. The summed E-state index contributed by atoms with van der Waals surface area (Å²) in [4.78, 5) is 3.91. The monoisotopic (exact) mass is 125 g/mol. The van der Waals surface area contributed by atoms with Gasteiger partial charge in [-0.15, -0.1) is 0 Å². The molecule has 1 heterocycles. The van der Waals surface area contributed by atoms with Crippen molar-refractivity contribution in [2.75, 3.05) is 0 Å². The molecule has 1 nitrogen and oxygen atoms in total. The number of aromatic nitrogens is 1. The normalized spacial score (nSPS) is 9.56. The number of aryl methyl sites for hydroxylation is 1.